The number of alkyl halides is 1. The maximum atomic E-state index is 11.8. The molecule has 1 heterocycles. The fourth-order valence-electron chi connectivity index (χ4n) is 0.421. The maximum absolute atomic E-state index is 11.8. The molecular formula is C3H7FOP+. The third kappa shape index (κ3) is 0.889. The van der Waals surface area contributed by atoms with Gasteiger partial charge in [-0.25, -0.2) is 4.52 Å². The Morgan fingerprint density at radius 1 is 1.83 bits per heavy atom. The zero-order valence-electron chi connectivity index (χ0n) is 3.36. The Bertz CT molecular complexity index is 44.1. The van der Waals surface area contributed by atoms with Crippen LogP contribution in [0.5, 0.6) is 0 Å². The average molecular weight is 109 g/mol. The molecule has 0 amide bonds. The van der Waals surface area contributed by atoms with E-state index < -0.39 is 5.91 Å². The zero-order valence-corrected chi connectivity index (χ0v) is 4.51. The Labute approximate surface area is 37.7 Å². The molecule has 0 spiro atoms. The molecule has 6 heavy (non-hydrogen) atoms. The Morgan fingerprint density at radius 3 is 2.83 bits per heavy atom. The Morgan fingerprint density at radius 2 is 2.67 bits per heavy atom. The summed E-state index contributed by atoms with van der Waals surface area (Å²) in [5.74, 6) is -0.593. The summed E-state index contributed by atoms with van der Waals surface area (Å²) < 4.78 is 16.6. The molecule has 36 valence electrons. The molecule has 0 bridgehead atoms. The molecule has 2 unspecified atom stereocenters. The summed E-state index contributed by atoms with van der Waals surface area (Å²) in [6.07, 6.45) is 0.634. The second kappa shape index (κ2) is 1.85. The van der Waals surface area contributed by atoms with Crippen LogP contribution in [0.4, 0.5) is 4.39 Å². The van der Waals surface area contributed by atoms with E-state index in [4.69, 9.17) is 4.52 Å². The van der Waals surface area contributed by atoms with Gasteiger partial charge in [0.05, 0.1) is 6.61 Å². The first-order chi connectivity index (χ1) is 2.89. The van der Waals surface area contributed by atoms with Crippen LogP contribution in [-0.2, 0) is 4.52 Å². The van der Waals surface area contributed by atoms with E-state index in [0.29, 0.717) is 13.0 Å². The molecule has 0 aliphatic carbocycles. The number of hydrogen-bond acceptors (Lipinski definition) is 1. The maximum Gasteiger partial charge on any atom is 0.229 e. The highest BCUT2D eigenvalue weighted by Gasteiger charge is 2.19. The van der Waals surface area contributed by atoms with Gasteiger partial charge in [0.1, 0.15) is 0 Å². The lowest BCUT2D eigenvalue weighted by molar-refractivity contribution is 0.375. The first-order valence-corrected chi connectivity index (χ1v) is 3.12. The minimum absolute atomic E-state index is 0.292. The fraction of sp³-hybridized carbons (Fsp3) is 1.00. The number of halogens is 1. The molecule has 0 N–H and O–H groups in total. The van der Waals surface area contributed by atoms with Gasteiger partial charge in [0.25, 0.3) is 0 Å². The van der Waals surface area contributed by atoms with E-state index in [1.54, 1.807) is 0 Å². The summed E-state index contributed by atoms with van der Waals surface area (Å²) in [4.78, 5) is 0. The quantitative estimate of drug-likeness (QED) is 0.422. The van der Waals surface area contributed by atoms with Gasteiger partial charge in [0, 0.05) is 6.42 Å². The molecule has 0 saturated carbocycles. The molecule has 0 aromatic heterocycles. The van der Waals surface area contributed by atoms with Gasteiger partial charge in [-0.05, 0) is 0 Å². The van der Waals surface area contributed by atoms with Crippen molar-refractivity contribution in [1.29, 1.82) is 0 Å². The first-order valence-electron chi connectivity index (χ1n) is 1.98. The molecule has 1 aliphatic rings. The Hall–Kier alpha value is 0.320. The normalized spacial score (nSPS) is 38.5. The molecule has 1 aliphatic heterocycles. The third-order valence-corrected chi connectivity index (χ3v) is 1.81. The third-order valence-electron chi connectivity index (χ3n) is 0.755. The van der Waals surface area contributed by atoms with Crippen LogP contribution >= 0.6 is 8.81 Å². The first kappa shape index (κ1) is 4.48. The van der Waals surface area contributed by atoms with Crippen LogP contribution in [-0.4, -0.2) is 12.5 Å². The van der Waals surface area contributed by atoms with Gasteiger partial charge in [0.15, 0.2) is 8.81 Å². The summed E-state index contributed by atoms with van der Waals surface area (Å²) in [7, 11) is -0.292. The van der Waals surface area contributed by atoms with Crippen LogP contribution in [0.15, 0.2) is 0 Å². The lowest BCUT2D eigenvalue weighted by Crippen LogP contribution is -1.80. The van der Waals surface area contributed by atoms with Crippen molar-refractivity contribution in [3.63, 3.8) is 0 Å². The standard InChI is InChI=1S/C3H6FOP/c4-3-1-2-5-6-3/h3,6H,1-2H2/p+1. The monoisotopic (exact) mass is 109 g/mol. The van der Waals surface area contributed by atoms with Crippen molar-refractivity contribution in [3.05, 3.63) is 0 Å². The molecule has 0 radical (unpaired) electrons. The largest absolute Gasteiger partial charge is 0.240 e. The van der Waals surface area contributed by atoms with Crippen molar-refractivity contribution in [3.8, 4) is 0 Å². The minimum Gasteiger partial charge on any atom is -0.240 e. The van der Waals surface area contributed by atoms with E-state index in [1.807, 2.05) is 0 Å². The van der Waals surface area contributed by atoms with Crippen molar-refractivity contribution >= 4 is 8.81 Å². The van der Waals surface area contributed by atoms with Gasteiger partial charge in [-0.3, -0.25) is 0 Å². The van der Waals surface area contributed by atoms with Crippen molar-refractivity contribution in [1.82, 2.24) is 0 Å². The van der Waals surface area contributed by atoms with Crippen LogP contribution < -0.4 is 0 Å². The predicted octanol–water partition coefficient (Wildman–Crippen LogP) is 1.03. The van der Waals surface area contributed by atoms with Gasteiger partial charge in [-0.15, -0.1) is 0 Å². The van der Waals surface area contributed by atoms with Crippen LogP contribution in [0.3, 0.4) is 0 Å². The summed E-state index contributed by atoms with van der Waals surface area (Å²) in [5, 5.41) is 0. The Kier molecular flexibility index (Phi) is 1.38. The van der Waals surface area contributed by atoms with Crippen LogP contribution in [0.2, 0.25) is 0 Å². The summed E-state index contributed by atoms with van der Waals surface area (Å²) in [6.45, 7) is 0.649. The highest BCUT2D eigenvalue weighted by molar-refractivity contribution is 7.33. The summed E-state index contributed by atoms with van der Waals surface area (Å²) in [6, 6.07) is 0. The van der Waals surface area contributed by atoms with Gasteiger partial charge in [0.2, 0.25) is 5.91 Å². The highest BCUT2D eigenvalue weighted by Crippen LogP contribution is 2.30. The molecule has 1 rings (SSSR count). The molecule has 1 fully saturated rings. The van der Waals surface area contributed by atoms with Crippen LogP contribution in [0, 0.1) is 0 Å². The lowest BCUT2D eigenvalue weighted by atomic mass is 10.5. The van der Waals surface area contributed by atoms with Gasteiger partial charge >= 0.3 is 0 Å². The second-order valence-corrected chi connectivity index (χ2v) is 2.64. The van der Waals surface area contributed by atoms with E-state index in [0.717, 1.165) is 0 Å². The smallest absolute Gasteiger partial charge is 0.229 e. The van der Waals surface area contributed by atoms with Crippen LogP contribution in [0.25, 0.3) is 0 Å². The average Bonchev–Trinajstić information content (AvgIpc) is 1.86. The van der Waals surface area contributed by atoms with E-state index in [1.165, 1.54) is 0 Å². The lowest BCUT2D eigenvalue weighted by Gasteiger charge is -1.76. The molecule has 1 saturated heterocycles. The summed E-state index contributed by atoms with van der Waals surface area (Å²) in [5.41, 5.74) is 0. The van der Waals surface area contributed by atoms with Gasteiger partial charge in [-0.1, -0.05) is 0 Å². The van der Waals surface area contributed by atoms with E-state index in [2.05, 4.69) is 0 Å². The zero-order chi connectivity index (χ0) is 4.41. The van der Waals surface area contributed by atoms with E-state index in [9.17, 15) is 4.39 Å². The highest BCUT2D eigenvalue weighted by atomic mass is 31.1. The SMILES string of the molecule is FC1CCO[PH2+]1. The molecule has 2 atom stereocenters. The minimum atomic E-state index is -0.593. The topological polar surface area (TPSA) is 9.23 Å². The predicted molar refractivity (Wildman–Crippen MR) is 25.2 cm³/mol. The van der Waals surface area contributed by atoms with E-state index >= 15 is 0 Å². The van der Waals surface area contributed by atoms with Crippen molar-refractivity contribution in [2.24, 2.45) is 0 Å². The Balaban J connectivity index is 2.18. The van der Waals surface area contributed by atoms with Crippen LogP contribution in [0.1, 0.15) is 6.42 Å². The second-order valence-electron chi connectivity index (χ2n) is 1.31. The fourth-order valence-corrected chi connectivity index (χ4v) is 1.17. The van der Waals surface area contributed by atoms with Crippen molar-refractivity contribution < 1.29 is 8.91 Å². The summed E-state index contributed by atoms with van der Waals surface area (Å²) >= 11 is 0. The number of hydrogen-bond donors (Lipinski definition) is 0. The van der Waals surface area contributed by atoms with Crippen molar-refractivity contribution in [2.75, 3.05) is 6.61 Å². The molecule has 0 aromatic carbocycles. The molecular weight excluding hydrogens is 102 g/mol. The van der Waals surface area contributed by atoms with Gasteiger partial charge in [-0.2, -0.15) is 4.39 Å². The molecule has 3 heteroatoms. The molecule has 0 aromatic rings. The van der Waals surface area contributed by atoms with Gasteiger partial charge < -0.3 is 0 Å². The van der Waals surface area contributed by atoms with E-state index in [-0.39, 0.29) is 8.81 Å². The molecule has 1 nitrogen and oxygen atoms in total. The number of rotatable bonds is 0. The van der Waals surface area contributed by atoms with Crippen molar-refractivity contribution in [2.45, 2.75) is 12.3 Å².